The van der Waals surface area contributed by atoms with E-state index in [0.717, 1.165) is 19.3 Å². The van der Waals surface area contributed by atoms with Crippen LogP contribution in [0.1, 0.15) is 44.1 Å². The molecule has 1 aromatic rings. The van der Waals surface area contributed by atoms with Gasteiger partial charge < -0.3 is 4.74 Å². The number of benzene rings is 1. The molecule has 3 rings (SSSR count). The van der Waals surface area contributed by atoms with Gasteiger partial charge in [-0.3, -0.25) is 0 Å². The molecule has 4 nitrogen and oxygen atoms in total. The van der Waals surface area contributed by atoms with Crippen molar-refractivity contribution in [3.63, 3.8) is 0 Å². The van der Waals surface area contributed by atoms with Gasteiger partial charge in [-0.25, -0.2) is 14.6 Å². The number of carbonyl (C=O) groups excluding carboxylic acids is 1. The van der Waals surface area contributed by atoms with Crippen LogP contribution in [0.5, 0.6) is 0 Å². The lowest BCUT2D eigenvalue weighted by Crippen LogP contribution is -2.35. The molecule has 0 bridgehead atoms. The van der Waals surface area contributed by atoms with Gasteiger partial charge in [-0.2, -0.15) is 0 Å². The van der Waals surface area contributed by atoms with Crippen molar-refractivity contribution in [3.05, 3.63) is 48.0 Å². The molecule has 1 aromatic carbocycles. The SMILES string of the molecule is C[C@H]1C=C[C@@H](C(=O)O[C@H]2CCCC[C@@H]2c2ccccc2)OO1. The van der Waals surface area contributed by atoms with Gasteiger partial charge in [0.1, 0.15) is 12.2 Å². The fourth-order valence-electron chi connectivity index (χ4n) is 3.12. The smallest absolute Gasteiger partial charge is 0.343 e. The molecule has 2 aliphatic rings. The maximum Gasteiger partial charge on any atom is 0.343 e. The summed E-state index contributed by atoms with van der Waals surface area (Å²) in [6.45, 7) is 1.85. The maximum atomic E-state index is 12.3. The Morgan fingerprint density at radius 1 is 1.09 bits per heavy atom. The number of carbonyl (C=O) groups is 1. The van der Waals surface area contributed by atoms with Crippen LogP contribution in [0.2, 0.25) is 0 Å². The second-order valence-corrected chi connectivity index (χ2v) is 5.98. The average molecular weight is 302 g/mol. The molecule has 0 radical (unpaired) electrons. The molecule has 1 aliphatic carbocycles. The molecule has 1 fully saturated rings. The second kappa shape index (κ2) is 7.07. The molecule has 1 saturated carbocycles. The third-order valence-electron chi connectivity index (χ3n) is 4.30. The Bertz CT molecular complexity index is 525. The van der Waals surface area contributed by atoms with Gasteiger partial charge in [0.25, 0.3) is 0 Å². The Balaban J connectivity index is 1.67. The Labute approximate surface area is 131 Å². The Hall–Kier alpha value is -1.65. The molecule has 0 N–H and O–H groups in total. The van der Waals surface area contributed by atoms with Crippen LogP contribution in [0.4, 0.5) is 0 Å². The van der Waals surface area contributed by atoms with Gasteiger partial charge in [0.15, 0.2) is 0 Å². The van der Waals surface area contributed by atoms with Gasteiger partial charge in [-0.15, -0.1) is 0 Å². The standard InChI is InChI=1S/C18H22O4/c1-13-11-12-17(22-21-13)18(19)20-16-10-6-5-9-15(16)14-7-3-2-4-8-14/h2-4,7-8,11-13,15-17H,5-6,9-10H2,1H3/t13-,15+,16-,17-/m0/s1. The topological polar surface area (TPSA) is 44.8 Å². The van der Waals surface area contributed by atoms with E-state index in [1.165, 1.54) is 12.0 Å². The highest BCUT2D eigenvalue weighted by Gasteiger charge is 2.32. The van der Waals surface area contributed by atoms with Crippen LogP contribution in [0, 0.1) is 0 Å². The van der Waals surface area contributed by atoms with Gasteiger partial charge in [0.05, 0.1) is 0 Å². The van der Waals surface area contributed by atoms with Gasteiger partial charge in [-0.1, -0.05) is 42.8 Å². The highest BCUT2D eigenvalue weighted by Crippen LogP contribution is 2.35. The zero-order valence-corrected chi connectivity index (χ0v) is 12.8. The Morgan fingerprint density at radius 2 is 1.86 bits per heavy atom. The number of hydrogen-bond acceptors (Lipinski definition) is 4. The van der Waals surface area contributed by atoms with Crippen LogP contribution in [-0.4, -0.2) is 24.3 Å². The lowest BCUT2D eigenvalue weighted by molar-refractivity contribution is -0.333. The molecule has 0 saturated heterocycles. The molecular formula is C18H22O4. The van der Waals surface area contributed by atoms with E-state index in [2.05, 4.69) is 12.1 Å². The van der Waals surface area contributed by atoms with Crippen molar-refractivity contribution in [1.82, 2.24) is 0 Å². The second-order valence-electron chi connectivity index (χ2n) is 5.98. The summed E-state index contributed by atoms with van der Waals surface area (Å²) < 4.78 is 5.74. The van der Waals surface area contributed by atoms with Crippen molar-refractivity contribution in [2.75, 3.05) is 0 Å². The highest BCUT2D eigenvalue weighted by molar-refractivity contribution is 5.77. The van der Waals surface area contributed by atoms with E-state index in [4.69, 9.17) is 14.5 Å². The molecule has 4 atom stereocenters. The first-order valence-corrected chi connectivity index (χ1v) is 8.00. The summed E-state index contributed by atoms with van der Waals surface area (Å²) in [4.78, 5) is 22.4. The first-order chi connectivity index (χ1) is 10.7. The predicted molar refractivity (Wildman–Crippen MR) is 82.1 cm³/mol. The van der Waals surface area contributed by atoms with Crippen LogP contribution >= 0.6 is 0 Å². The molecule has 1 heterocycles. The lowest BCUT2D eigenvalue weighted by Gasteiger charge is -2.32. The number of rotatable bonds is 3. The van der Waals surface area contributed by atoms with E-state index in [1.807, 2.05) is 31.2 Å². The van der Waals surface area contributed by atoms with Crippen molar-refractivity contribution in [2.24, 2.45) is 0 Å². The quantitative estimate of drug-likeness (QED) is 0.487. The zero-order chi connectivity index (χ0) is 15.4. The monoisotopic (exact) mass is 302 g/mol. The minimum atomic E-state index is -0.755. The molecule has 4 heteroatoms. The van der Waals surface area contributed by atoms with E-state index < -0.39 is 6.10 Å². The van der Waals surface area contributed by atoms with E-state index in [-0.39, 0.29) is 24.1 Å². The molecule has 0 aromatic heterocycles. The molecule has 118 valence electrons. The van der Waals surface area contributed by atoms with Crippen molar-refractivity contribution in [1.29, 1.82) is 0 Å². The molecular weight excluding hydrogens is 280 g/mol. The van der Waals surface area contributed by atoms with Crippen LogP contribution < -0.4 is 0 Å². The first-order valence-electron chi connectivity index (χ1n) is 8.00. The van der Waals surface area contributed by atoms with Crippen molar-refractivity contribution in [3.8, 4) is 0 Å². The van der Waals surface area contributed by atoms with Crippen LogP contribution in [0.15, 0.2) is 42.5 Å². The number of esters is 1. The molecule has 0 spiro atoms. The fraction of sp³-hybridized carbons (Fsp3) is 0.500. The normalized spacial score (nSPS) is 31.7. The third kappa shape index (κ3) is 3.57. The molecule has 0 amide bonds. The molecule has 22 heavy (non-hydrogen) atoms. The summed E-state index contributed by atoms with van der Waals surface area (Å²) in [7, 11) is 0. The fourth-order valence-corrected chi connectivity index (χ4v) is 3.12. The van der Waals surface area contributed by atoms with Crippen LogP contribution in [0.25, 0.3) is 0 Å². The van der Waals surface area contributed by atoms with Gasteiger partial charge >= 0.3 is 5.97 Å². The van der Waals surface area contributed by atoms with Crippen molar-refractivity contribution in [2.45, 2.75) is 56.8 Å². The Kier molecular flexibility index (Phi) is 4.90. The number of ether oxygens (including phenoxy) is 1. The zero-order valence-electron chi connectivity index (χ0n) is 12.8. The van der Waals surface area contributed by atoms with Crippen LogP contribution in [0.3, 0.4) is 0 Å². The van der Waals surface area contributed by atoms with E-state index in [0.29, 0.717) is 0 Å². The van der Waals surface area contributed by atoms with Crippen LogP contribution in [-0.2, 0) is 19.3 Å². The van der Waals surface area contributed by atoms with Crippen molar-refractivity contribution >= 4 is 5.97 Å². The van der Waals surface area contributed by atoms with Gasteiger partial charge in [-0.05, 0) is 37.8 Å². The first kappa shape index (κ1) is 15.3. The average Bonchev–Trinajstić information content (AvgIpc) is 2.57. The van der Waals surface area contributed by atoms with Crippen molar-refractivity contribution < 1.29 is 19.3 Å². The summed E-state index contributed by atoms with van der Waals surface area (Å²) in [6.07, 6.45) is 6.77. The van der Waals surface area contributed by atoms with Gasteiger partial charge in [0.2, 0.25) is 6.10 Å². The molecule has 1 aliphatic heterocycles. The maximum absolute atomic E-state index is 12.3. The highest BCUT2D eigenvalue weighted by atomic mass is 17.2. The largest absolute Gasteiger partial charge is 0.459 e. The number of hydrogen-bond donors (Lipinski definition) is 0. The lowest BCUT2D eigenvalue weighted by atomic mass is 9.81. The predicted octanol–water partition coefficient (Wildman–Crippen LogP) is 3.53. The Morgan fingerprint density at radius 3 is 2.59 bits per heavy atom. The summed E-state index contributed by atoms with van der Waals surface area (Å²) in [5.41, 5.74) is 1.24. The minimum Gasteiger partial charge on any atom is -0.459 e. The summed E-state index contributed by atoms with van der Waals surface area (Å²) in [5, 5.41) is 0. The summed E-state index contributed by atoms with van der Waals surface area (Å²) in [5.74, 6) is -0.0951. The summed E-state index contributed by atoms with van der Waals surface area (Å²) >= 11 is 0. The van der Waals surface area contributed by atoms with E-state index >= 15 is 0 Å². The summed E-state index contributed by atoms with van der Waals surface area (Å²) in [6, 6.07) is 10.3. The van der Waals surface area contributed by atoms with E-state index in [9.17, 15) is 4.79 Å². The third-order valence-corrected chi connectivity index (χ3v) is 4.30. The van der Waals surface area contributed by atoms with E-state index in [1.54, 1.807) is 6.08 Å². The minimum absolute atomic E-state index is 0.0833. The molecule has 0 unspecified atom stereocenters. The van der Waals surface area contributed by atoms with Gasteiger partial charge in [0, 0.05) is 5.92 Å².